The summed E-state index contributed by atoms with van der Waals surface area (Å²) in [5.74, 6) is 2.47. The molecule has 2 heterocycles. The lowest BCUT2D eigenvalue weighted by atomic mass is 10.2. The first-order valence-electron chi connectivity index (χ1n) is 11.7. The van der Waals surface area contributed by atoms with E-state index in [4.69, 9.17) is 14.2 Å². The number of hydrogen-bond acceptors (Lipinski definition) is 7. The van der Waals surface area contributed by atoms with Crippen LogP contribution in [0.1, 0.15) is 16.3 Å². The minimum atomic E-state index is 0.0401. The maximum atomic E-state index is 12.6. The van der Waals surface area contributed by atoms with Gasteiger partial charge in [-0.1, -0.05) is 12.1 Å². The Bertz CT molecular complexity index is 1100. The number of ether oxygens (including phenoxy) is 3. The number of amides is 1. The lowest BCUT2D eigenvalue weighted by Crippen LogP contribution is -2.49. The molecule has 0 N–H and O–H groups in total. The summed E-state index contributed by atoms with van der Waals surface area (Å²) in [5.41, 5.74) is 1.90. The zero-order valence-electron chi connectivity index (χ0n) is 20.2. The van der Waals surface area contributed by atoms with Crippen LogP contribution < -0.4 is 14.2 Å². The van der Waals surface area contributed by atoms with Crippen LogP contribution in [-0.2, 0) is 11.4 Å². The van der Waals surface area contributed by atoms with Gasteiger partial charge in [0.1, 0.15) is 30.5 Å². The molecule has 8 heteroatoms. The number of carbonyl (C=O) groups is 1. The topological polar surface area (TPSA) is 64.1 Å². The molecule has 35 heavy (non-hydrogen) atoms. The molecule has 0 atom stereocenters. The van der Waals surface area contributed by atoms with Gasteiger partial charge in [-0.2, -0.15) is 0 Å². The van der Waals surface area contributed by atoms with E-state index >= 15 is 0 Å². The third kappa shape index (κ3) is 7.56. The minimum Gasteiger partial charge on any atom is -0.497 e. The fourth-order valence-electron chi connectivity index (χ4n) is 3.74. The van der Waals surface area contributed by atoms with E-state index in [0.717, 1.165) is 53.1 Å². The maximum Gasteiger partial charge on any atom is 0.246 e. The Morgan fingerprint density at radius 3 is 2.29 bits per heavy atom. The molecule has 1 aromatic heterocycles. The van der Waals surface area contributed by atoms with Gasteiger partial charge < -0.3 is 19.1 Å². The van der Waals surface area contributed by atoms with Gasteiger partial charge in [0.05, 0.1) is 17.8 Å². The average molecular weight is 494 g/mol. The van der Waals surface area contributed by atoms with E-state index in [9.17, 15) is 4.79 Å². The summed E-state index contributed by atoms with van der Waals surface area (Å²) >= 11 is 1.62. The van der Waals surface area contributed by atoms with Crippen LogP contribution in [0.4, 0.5) is 0 Å². The summed E-state index contributed by atoms with van der Waals surface area (Å²) in [6, 6.07) is 15.3. The number of aromatic nitrogens is 1. The van der Waals surface area contributed by atoms with Crippen molar-refractivity contribution in [1.82, 2.24) is 14.8 Å². The highest BCUT2D eigenvalue weighted by molar-refractivity contribution is 7.09. The fraction of sp³-hybridized carbons (Fsp3) is 0.333. The van der Waals surface area contributed by atoms with Crippen LogP contribution in [0.2, 0.25) is 0 Å². The zero-order valence-corrected chi connectivity index (χ0v) is 21.0. The Labute approximate surface area is 210 Å². The van der Waals surface area contributed by atoms with E-state index in [-0.39, 0.29) is 5.91 Å². The fourth-order valence-corrected chi connectivity index (χ4v) is 4.33. The summed E-state index contributed by atoms with van der Waals surface area (Å²) in [4.78, 5) is 21.2. The molecular formula is C27H31N3O4S. The van der Waals surface area contributed by atoms with Gasteiger partial charge in [-0.3, -0.25) is 9.69 Å². The summed E-state index contributed by atoms with van der Waals surface area (Å²) in [7, 11) is 1.65. The van der Waals surface area contributed by atoms with E-state index in [2.05, 4.69) is 9.88 Å². The van der Waals surface area contributed by atoms with Gasteiger partial charge in [0.25, 0.3) is 0 Å². The number of methoxy groups -OCH3 is 1. The monoisotopic (exact) mass is 493 g/mol. The van der Waals surface area contributed by atoms with E-state index in [0.29, 0.717) is 26.3 Å². The van der Waals surface area contributed by atoms with Crippen molar-refractivity contribution in [3.63, 3.8) is 0 Å². The Balaban J connectivity index is 1.15. The molecule has 1 aliphatic rings. The summed E-state index contributed by atoms with van der Waals surface area (Å²) in [6.07, 6.45) is 3.50. The minimum absolute atomic E-state index is 0.0401. The first-order valence-corrected chi connectivity index (χ1v) is 12.6. The lowest BCUT2D eigenvalue weighted by molar-refractivity contribution is -0.127. The molecule has 184 valence electrons. The number of rotatable bonds is 10. The third-order valence-corrected chi connectivity index (χ3v) is 6.59. The molecule has 0 radical (unpaired) electrons. The molecule has 1 aliphatic heterocycles. The molecular weight excluding hydrogens is 462 g/mol. The first kappa shape index (κ1) is 24.8. The van der Waals surface area contributed by atoms with Crippen molar-refractivity contribution in [3.8, 4) is 17.2 Å². The molecule has 1 saturated heterocycles. The Morgan fingerprint density at radius 2 is 1.63 bits per heavy atom. The summed E-state index contributed by atoms with van der Waals surface area (Å²) in [5, 5.41) is 3.04. The van der Waals surface area contributed by atoms with Gasteiger partial charge in [-0.25, -0.2) is 4.98 Å². The van der Waals surface area contributed by atoms with Crippen LogP contribution >= 0.6 is 11.3 Å². The van der Waals surface area contributed by atoms with Gasteiger partial charge in [0.15, 0.2) is 0 Å². The van der Waals surface area contributed by atoms with Gasteiger partial charge in [0, 0.05) is 44.2 Å². The molecule has 1 fully saturated rings. The quantitative estimate of drug-likeness (QED) is 0.393. The third-order valence-electron chi connectivity index (χ3n) is 5.77. The van der Waals surface area contributed by atoms with Crippen molar-refractivity contribution in [3.05, 3.63) is 76.3 Å². The molecule has 0 aliphatic carbocycles. The predicted octanol–water partition coefficient (Wildman–Crippen LogP) is 4.28. The average Bonchev–Trinajstić information content (AvgIpc) is 3.32. The highest BCUT2D eigenvalue weighted by Gasteiger charge is 2.19. The Kier molecular flexibility index (Phi) is 8.75. The van der Waals surface area contributed by atoms with Crippen LogP contribution in [0.25, 0.3) is 6.08 Å². The maximum absolute atomic E-state index is 12.6. The number of nitrogens with zero attached hydrogens (tertiary/aromatic N) is 3. The van der Waals surface area contributed by atoms with Crippen LogP contribution in [0, 0.1) is 6.92 Å². The van der Waals surface area contributed by atoms with Crippen molar-refractivity contribution in [1.29, 1.82) is 0 Å². The second kappa shape index (κ2) is 12.4. The zero-order chi connectivity index (χ0) is 24.5. The number of hydrogen-bond donors (Lipinski definition) is 0. The SMILES string of the molecule is COc1ccc(OCCN2CCN(C(=O)/C=C/c3ccc(OCc4csc(C)n4)cc3)CC2)cc1. The standard InChI is InChI=1S/C27H31N3O4S/c1-21-28-23(20-35-21)19-34-26-6-3-22(4-7-26)5-12-27(31)30-15-13-29(14-16-30)17-18-33-25-10-8-24(32-2)9-11-25/h3-12,20H,13-19H2,1-2H3/b12-5+. The molecule has 1 amide bonds. The van der Waals surface area contributed by atoms with Crippen molar-refractivity contribution in [2.75, 3.05) is 46.4 Å². The number of piperazine rings is 1. The number of thiazole rings is 1. The highest BCUT2D eigenvalue weighted by atomic mass is 32.1. The van der Waals surface area contributed by atoms with Gasteiger partial charge in [-0.05, 0) is 55.0 Å². The van der Waals surface area contributed by atoms with Crippen molar-refractivity contribution in [2.24, 2.45) is 0 Å². The summed E-state index contributed by atoms with van der Waals surface area (Å²) in [6.45, 7) is 7.01. The number of benzene rings is 2. The van der Waals surface area contributed by atoms with Crippen LogP contribution in [0.15, 0.2) is 60.0 Å². The van der Waals surface area contributed by atoms with Gasteiger partial charge in [-0.15, -0.1) is 11.3 Å². The van der Waals surface area contributed by atoms with E-state index < -0.39 is 0 Å². The molecule has 3 aromatic rings. The lowest BCUT2D eigenvalue weighted by Gasteiger charge is -2.34. The first-order chi connectivity index (χ1) is 17.1. The molecule has 2 aromatic carbocycles. The Hall–Kier alpha value is -3.36. The molecule has 0 bridgehead atoms. The molecule has 0 spiro atoms. The second-order valence-electron chi connectivity index (χ2n) is 8.24. The van der Waals surface area contributed by atoms with Crippen molar-refractivity contribution in [2.45, 2.75) is 13.5 Å². The van der Waals surface area contributed by atoms with Gasteiger partial charge in [0.2, 0.25) is 5.91 Å². The smallest absolute Gasteiger partial charge is 0.246 e. The van der Waals surface area contributed by atoms with Crippen LogP contribution in [0.3, 0.4) is 0 Å². The normalized spacial score (nSPS) is 14.3. The number of carbonyl (C=O) groups excluding carboxylic acids is 1. The van der Waals surface area contributed by atoms with Crippen molar-refractivity contribution >= 4 is 23.3 Å². The predicted molar refractivity (Wildman–Crippen MR) is 138 cm³/mol. The molecule has 7 nitrogen and oxygen atoms in total. The van der Waals surface area contributed by atoms with E-state index in [1.807, 2.05) is 71.8 Å². The highest BCUT2D eigenvalue weighted by Crippen LogP contribution is 2.18. The van der Waals surface area contributed by atoms with Crippen LogP contribution in [0.5, 0.6) is 17.2 Å². The van der Waals surface area contributed by atoms with E-state index in [1.54, 1.807) is 24.5 Å². The molecule has 0 unspecified atom stereocenters. The van der Waals surface area contributed by atoms with Crippen LogP contribution in [-0.4, -0.2) is 67.1 Å². The summed E-state index contributed by atoms with van der Waals surface area (Å²) < 4.78 is 16.8. The molecule has 4 rings (SSSR count). The van der Waals surface area contributed by atoms with Gasteiger partial charge >= 0.3 is 0 Å². The van der Waals surface area contributed by atoms with Crippen molar-refractivity contribution < 1.29 is 19.0 Å². The Morgan fingerprint density at radius 1 is 0.971 bits per heavy atom. The molecule has 0 saturated carbocycles. The van der Waals surface area contributed by atoms with E-state index in [1.165, 1.54) is 0 Å². The number of aryl methyl sites for hydroxylation is 1. The largest absolute Gasteiger partial charge is 0.497 e. The second-order valence-corrected chi connectivity index (χ2v) is 9.30.